The van der Waals surface area contributed by atoms with E-state index in [0.29, 0.717) is 42.6 Å². The molecule has 3 aromatic rings. The summed E-state index contributed by atoms with van der Waals surface area (Å²) in [6, 6.07) is 10.3. The highest BCUT2D eigenvalue weighted by atomic mass is 32.2. The van der Waals surface area contributed by atoms with Gasteiger partial charge in [-0.05, 0) is 74.8 Å². The van der Waals surface area contributed by atoms with Crippen LogP contribution in [-0.2, 0) is 24.3 Å². The van der Waals surface area contributed by atoms with Gasteiger partial charge in [-0.3, -0.25) is 14.4 Å². The van der Waals surface area contributed by atoms with Crippen molar-refractivity contribution in [2.24, 2.45) is 11.8 Å². The average Bonchev–Trinajstić information content (AvgIpc) is 3.47. The molecule has 3 aliphatic rings. The van der Waals surface area contributed by atoms with Gasteiger partial charge in [0, 0.05) is 49.6 Å². The van der Waals surface area contributed by atoms with Crippen molar-refractivity contribution in [3.63, 3.8) is 0 Å². The molecule has 2 aromatic heterocycles. The van der Waals surface area contributed by atoms with Crippen molar-refractivity contribution in [2.75, 3.05) is 39.5 Å². The van der Waals surface area contributed by atoms with E-state index < -0.39 is 45.4 Å². The van der Waals surface area contributed by atoms with E-state index in [1.54, 1.807) is 12.1 Å². The highest BCUT2D eigenvalue weighted by Crippen LogP contribution is 2.29. The van der Waals surface area contributed by atoms with Crippen LogP contribution in [0, 0.1) is 17.0 Å². The van der Waals surface area contributed by atoms with Crippen molar-refractivity contribution >= 4 is 38.6 Å². The molecule has 13 nitrogen and oxygen atoms in total. The van der Waals surface area contributed by atoms with Crippen LogP contribution in [-0.4, -0.2) is 75.8 Å². The molecule has 53 heavy (non-hydrogen) atoms. The van der Waals surface area contributed by atoms with Crippen LogP contribution in [0.15, 0.2) is 69.8 Å². The van der Waals surface area contributed by atoms with Crippen LogP contribution in [0.5, 0.6) is 5.75 Å². The fourth-order valence-corrected chi connectivity index (χ4v) is 8.96. The number of benzene rings is 1. The third-order valence-electron chi connectivity index (χ3n) is 10.5. The number of hydrogen-bond donors (Lipinski definition) is 2. The number of sulfonamides is 1. The molecule has 1 aliphatic carbocycles. The van der Waals surface area contributed by atoms with Crippen LogP contribution in [0.4, 0.5) is 0 Å². The number of hydrogen-bond acceptors (Lipinski definition) is 9. The van der Waals surface area contributed by atoms with E-state index >= 15 is 0 Å². The number of rotatable bonds is 13. The molecule has 1 saturated carbocycles. The van der Waals surface area contributed by atoms with Gasteiger partial charge in [0.05, 0.1) is 19.8 Å². The maximum Gasteiger partial charge on any atom is 0.323 e. The molecule has 4 heterocycles. The minimum absolute atomic E-state index is 0.00853. The van der Waals surface area contributed by atoms with Crippen LogP contribution in [0.1, 0.15) is 87.6 Å². The lowest BCUT2D eigenvalue weighted by molar-refractivity contribution is -0.646. The SMILES string of the molecule is O=C(N[C@@H](CC1CCCCC1)C(=O)NCC1CCCN(S(=O)(=O)c2cccc[n+]2[O-])CC1=O)c1cc2cc(OCCC3=CCCOCCC3)ccc2o1. The lowest BCUT2D eigenvalue weighted by Crippen LogP contribution is -2.49. The third kappa shape index (κ3) is 10.2. The number of amides is 2. The minimum Gasteiger partial charge on any atom is -0.618 e. The summed E-state index contributed by atoms with van der Waals surface area (Å²) in [7, 11) is -4.19. The van der Waals surface area contributed by atoms with Crippen molar-refractivity contribution < 1.29 is 41.4 Å². The number of nitrogens with one attached hydrogen (secondary N) is 2. The number of fused-ring (bicyclic) bond motifs is 1. The Hall–Kier alpha value is -4.27. The smallest absolute Gasteiger partial charge is 0.323 e. The number of ether oxygens (including phenoxy) is 2. The summed E-state index contributed by atoms with van der Waals surface area (Å²) in [5.41, 5.74) is 1.91. The van der Waals surface area contributed by atoms with E-state index in [1.807, 2.05) is 12.1 Å². The number of carbonyl (C=O) groups is 3. The van der Waals surface area contributed by atoms with E-state index in [0.717, 1.165) is 81.5 Å². The zero-order valence-corrected chi connectivity index (χ0v) is 30.9. The molecular formula is C39H50N4O9S. The predicted molar refractivity (Wildman–Crippen MR) is 196 cm³/mol. The minimum atomic E-state index is -4.19. The number of nitrogens with zero attached hydrogens (tertiary/aromatic N) is 2. The van der Waals surface area contributed by atoms with Gasteiger partial charge in [0.15, 0.2) is 17.7 Å². The van der Waals surface area contributed by atoms with Gasteiger partial charge in [-0.25, -0.2) is 8.42 Å². The molecule has 0 radical (unpaired) electrons. The molecular weight excluding hydrogens is 701 g/mol. The Morgan fingerprint density at radius 2 is 1.89 bits per heavy atom. The average molecular weight is 751 g/mol. The first-order chi connectivity index (χ1) is 25.7. The molecule has 1 aromatic carbocycles. The van der Waals surface area contributed by atoms with Gasteiger partial charge < -0.3 is 29.7 Å². The summed E-state index contributed by atoms with van der Waals surface area (Å²) in [5.74, 6) is -0.846. The summed E-state index contributed by atoms with van der Waals surface area (Å²) >= 11 is 0. The molecule has 6 rings (SSSR count). The van der Waals surface area contributed by atoms with Gasteiger partial charge in [0.2, 0.25) is 5.91 Å². The molecule has 14 heteroatoms. The van der Waals surface area contributed by atoms with Gasteiger partial charge in [-0.15, -0.1) is 0 Å². The second-order valence-electron chi connectivity index (χ2n) is 14.3. The van der Waals surface area contributed by atoms with E-state index in [-0.39, 0.29) is 35.3 Å². The Labute approximate surface area is 310 Å². The molecule has 0 bridgehead atoms. The monoisotopic (exact) mass is 750 g/mol. The first-order valence-electron chi connectivity index (χ1n) is 18.9. The highest BCUT2D eigenvalue weighted by molar-refractivity contribution is 7.89. The predicted octanol–water partition coefficient (Wildman–Crippen LogP) is 4.82. The normalized spacial score (nSPS) is 20.1. The Bertz CT molecular complexity index is 1890. The van der Waals surface area contributed by atoms with Crippen LogP contribution >= 0.6 is 0 Å². The van der Waals surface area contributed by atoms with Crippen molar-refractivity contribution in [2.45, 2.75) is 88.1 Å². The van der Waals surface area contributed by atoms with Gasteiger partial charge in [0.25, 0.3) is 5.91 Å². The van der Waals surface area contributed by atoms with Crippen LogP contribution in [0.3, 0.4) is 0 Å². The summed E-state index contributed by atoms with van der Waals surface area (Å²) < 4.78 is 45.1. The van der Waals surface area contributed by atoms with Crippen LogP contribution in [0.25, 0.3) is 11.0 Å². The molecule has 1 unspecified atom stereocenters. The summed E-state index contributed by atoms with van der Waals surface area (Å²) in [6.07, 6.45) is 13.5. The van der Waals surface area contributed by atoms with Crippen molar-refractivity contribution in [1.29, 1.82) is 0 Å². The maximum absolute atomic E-state index is 13.7. The highest BCUT2D eigenvalue weighted by Gasteiger charge is 2.37. The molecule has 2 N–H and O–H groups in total. The maximum atomic E-state index is 13.7. The fraction of sp³-hybridized carbons (Fsp3) is 0.538. The number of carbonyl (C=O) groups excluding carboxylic acids is 3. The zero-order valence-electron chi connectivity index (χ0n) is 30.1. The van der Waals surface area contributed by atoms with E-state index in [1.165, 1.54) is 23.8 Å². The van der Waals surface area contributed by atoms with Crippen molar-refractivity contribution in [3.05, 3.63) is 71.3 Å². The van der Waals surface area contributed by atoms with Gasteiger partial charge >= 0.3 is 15.0 Å². The topological polar surface area (TPSA) is 171 Å². The standard InChI is InChI=1S/C39H50N4O9S/c44-34-27-42(53(48,49)37-14-4-5-19-43(37)47)18-6-13-30(34)26-40-38(45)33(23-29-9-2-1-3-10-29)41-39(46)36-25-31-24-32(15-16-35(31)52-36)51-22-17-28-11-7-20-50-21-8-12-28/h4-5,11,14-16,19,24-25,29-30,33H,1-3,6-10,12-13,17-18,20-23,26-27H2,(H,40,45)(H,41,46)/t30?,33-/m0/s1. The number of ketones is 1. The Balaban J connectivity index is 1.07. The quantitative estimate of drug-likeness (QED) is 0.141. The molecule has 1 saturated heterocycles. The third-order valence-corrected chi connectivity index (χ3v) is 12.3. The van der Waals surface area contributed by atoms with Crippen LogP contribution in [0.2, 0.25) is 0 Å². The second-order valence-corrected chi connectivity index (χ2v) is 16.2. The number of Topliss-reactive ketones (excluding diaryl/α,β-unsaturated/α-hetero) is 1. The fourth-order valence-electron chi connectivity index (χ4n) is 7.49. The van der Waals surface area contributed by atoms with Gasteiger partial charge in [-0.2, -0.15) is 9.04 Å². The molecule has 286 valence electrons. The molecule has 2 atom stereocenters. The molecule has 2 fully saturated rings. The van der Waals surface area contributed by atoms with Crippen molar-refractivity contribution in [3.8, 4) is 5.75 Å². The molecule has 0 spiro atoms. The lowest BCUT2D eigenvalue weighted by atomic mass is 9.84. The number of aromatic nitrogens is 1. The largest absolute Gasteiger partial charge is 0.618 e. The Morgan fingerprint density at radius 1 is 1.04 bits per heavy atom. The van der Waals surface area contributed by atoms with Gasteiger partial charge in [-0.1, -0.05) is 43.8 Å². The molecule has 2 amide bonds. The summed E-state index contributed by atoms with van der Waals surface area (Å²) in [4.78, 5) is 40.5. The first kappa shape index (κ1) is 38.5. The number of pyridine rings is 1. The zero-order chi connectivity index (χ0) is 37.2. The van der Waals surface area contributed by atoms with Crippen LogP contribution < -0.4 is 20.1 Å². The Morgan fingerprint density at radius 3 is 2.72 bits per heavy atom. The molecule has 2 aliphatic heterocycles. The van der Waals surface area contributed by atoms with E-state index in [4.69, 9.17) is 13.9 Å². The first-order valence-corrected chi connectivity index (χ1v) is 20.3. The number of furan rings is 1. The Kier molecular flexibility index (Phi) is 13.2. The van der Waals surface area contributed by atoms with E-state index in [9.17, 15) is 28.0 Å². The summed E-state index contributed by atoms with van der Waals surface area (Å²) in [6.45, 7) is 1.77. The van der Waals surface area contributed by atoms with Gasteiger partial charge in [0.1, 0.15) is 17.4 Å². The summed E-state index contributed by atoms with van der Waals surface area (Å²) in [5, 5.41) is 18.2. The van der Waals surface area contributed by atoms with Crippen molar-refractivity contribution in [1.82, 2.24) is 14.9 Å². The van der Waals surface area contributed by atoms with E-state index in [2.05, 4.69) is 16.7 Å². The lowest BCUT2D eigenvalue weighted by Gasteiger charge is -2.27. The second kappa shape index (κ2) is 18.2.